The third-order valence-electron chi connectivity index (χ3n) is 4.33. The Balaban J connectivity index is 1.75. The van der Waals surface area contributed by atoms with Crippen molar-refractivity contribution in [3.8, 4) is 6.01 Å². The second-order valence-corrected chi connectivity index (χ2v) is 6.49. The zero-order valence-corrected chi connectivity index (χ0v) is 15.7. The Kier molecular flexibility index (Phi) is 5.69. The molecule has 8 heteroatoms. The number of aromatic nitrogens is 3. The Bertz CT molecular complexity index is 978. The number of nitrogens with one attached hydrogen (secondary N) is 2. The molecule has 0 aliphatic carbocycles. The van der Waals surface area contributed by atoms with Crippen LogP contribution in [0.2, 0.25) is 0 Å². The van der Waals surface area contributed by atoms with E-state index in [-0.39, 0.29) is 17.8 Å². The Hall–Kier alpha value is -3.68. The van der Waals surface area contributed by atoms with Gasteiger partial charge in [-0.1, -0.05) is 43.3 Å². The average Bonchev–Trinajstić information content (AvgIpc) is 2.68. The van der Waals surface area contributed by atoms with Gasteiger partial charge in [0.2, 0.25) is 17.8 Å². The first-order valence-corrected chi connectivity index (χ1v) is 8.83. The van der Waals surface area contributed by atoms with Crippen molar-refractivity contribution < 1.29 is 9.90 Å². The van der Waals surface area contributed by atoms with Crippen LogP contribution >= 0.6 is 0 Å². The van der Waals surface area contributed by atoms with Crippen molar-refractivity contribution in [3.63, 3.8) is 0 Å². The highest BCUT2D eigenvalue weighted by atomic mass is 16.3. The normalized spacial score (nSPS) is 11.6. The smallest absolute Gasteiger partial charge is 0.320 e. The molecule has 0 fully saturated rings. The van der Waals surface area contributed by atoms with Crippen LogP contribution in [0.4, 0.5) is 17.6 Å². The Morgan fingerprint density at radius 3 is 2.54 bits per heavy atom. The van der Waals surface area contributed by atoms with E-state index in [9.17, 15) is 9.90 Å². The van der Waals surface area contributed by atoms with E-state index in [1.807, 2.05) is 25.1 Å². The Morgan fingerprint density at radius 1 is 1.11 bits per heavy atom. The number of rotatable bonds is 7. The first kappa shape index (κ1) is 19.1. The maximum absolute atomic E-state index is 11.4. The molecule has 3 rings (SSSR count). The molecule has 0 saturated heterocycles. The fourth-order valence-corrected chi connectivity index (χ4v) is 2.67. The number of anilines is 3. The SMILES string of the molecule is Cc1ccc(C(N)=O)cc1Nc1nc(O)nc(NCC(C)c2ccccc2)n1. The maximum atomic E-state index is 11.4. The molecule has 1 heterocycles. The number of hydrogen-bond acceptors (Lipinski definition) is 7. The van der Waals surface area contributed by atoms with E-state index in [1.165, 1.54) is 5.56 Å². The predicted octanol–water partition coefficient (Wildman–Crippen LogP) is 2.94. The van der Waals surface area contributed by atoms with Crippen LogP contribution in [0.3, 0.4) is 0 Å². The van der Waals surface area contributed by atoms with Crippen LogP contribution in [0.1, 0.15) is 34.3 Å². The van der Waals surface area contributed by atoms with Crippen LogP contribution in [0, 0.1) is 6.92 Å². The molecule has 2 aromatic carbocycles. The monoisotopic (exact) mass is 378 g/mol. The van der Waals surface area contributed by atoms with E-state index < -0.39 is 11.9 Å². The van der Waals surface area contributed by atoms with Crippen molar-refractivity contribution in [1.82, 2.24) is 15.0 Å². The van der Waals surface area contributed by atoms with Crippen LogP contribution in [0.25, 0.3) is 0 Å². The van der Waals surface area contributed by atoms with Gasteiger partial charge in [-0.3, -0.25) is 4.79 Å². The summed E-state index contributed by atoms with van der Waals surface area (Å²) in [6.45, 7) is 4.54. The van der Waals surface area contributed by atoms with Gasteiger partial charge in [-0.2, -0.15) is 15.0 Å². The second-order valence-electron chi connectivity index (χ2n) is 6.49. The van der Waals surface area contributed by atoms with E-state index in [1.54, 1.807) is 18.2 Å². The fraction of sp³-hybridized carbons (Fsp3) is 0.200. The van der Waals surface area contributed by atoms with Gasteiger partial charge in [0, 0.05) is 17.8 Å². The third-order valence-corrected chi connectivity index (χ3v) is 4.33. The minimum absolute atomic E-state index is 0.159. The molecule has 0 spiro atoms. The van der Waals surface area contributed by atoms with Gasteiger partial charge >= 0.3 is 6.01 Å². The van der Waals surface area contributed by atoms with E-state index in [0.717, 1.165) is 5.56 Å². The highest BCUT2D eigenvalue weighted by Crippen LogP contribution is 2.22. The number of nitrogens with two attached hydrogens (primary N) is 1. The number of aryl methyl sites for hydroxylation is 1. The summed E-state index contributed by atoms with van der Waals surface area (Å²) in [6, 6.07) is 14.7. The summed E-state index contributed by atoms with van der Waals surface area (Å²) < 4.78 is 0. The van der Waals surface area contributed by atoms with Crippen molar-refractivity contribution in [1.29, 1.82) is 0 Å². The number of carbonyl (C=O) groups is 1. The summed E-state index contributed by atoms with van der Waals surface area (Å²) in [5.74, 6) is 0.110. The summed E-state index contributed by atoms with van der Waals surface area (Å²) in [5, 5.41) is 16.0. The molecule has 1 aromatic heterocycles. The molecule has 8 nitrogen and oxygen atoms in total. The average molecular weight is 378 g/mol. The predicted molar refractivity (Wildman–Crippen MR) is 108 cm³/mol. The number of hydrogen-bond donors (Lipinski definition) is 4. The molecular weight excluding hydrogens is 356 g/mol. The molecule has 0 aliphatic rings. The highest BCUT2D eigenvalue weighted by Gasteiger charge is 2.11. The van der Waals surface area contributed by atoms with Crippen molar-refractivity contribution in [2.45, 2.75) is 19.8 Å². The molecule has 144 valence electrons. The second kappa shape index (κ2) is 8.34. The first-order valence-electron chi connectivity index (χ1n) is 8.83. The molecule has 0 radical (unpaired) electrons. The number of amides is 1. The lowest BCUT2D eigenvalue weighted by molar-refractivity contribution is 0.100. The van der Waals surface area contributed by atoms with E-state index in [0.29, 0.717) is 17.8 Å². The van der Waals surface area contributed by atoms with Crippen LogP contribution in [0.15, 0.2) is 48.5 Å². The van der Waals surface area contributed by atoms with Gasteiger partial charge in [-0.15, -0.1) is 0 Å². The largest absolute Gasteiger partial charge is 0.479 e. The van der Waals surface area contributed by atoms with Gasteiger partial charge in [0.05, 0.1) is 0 Å². The van der Waals surface area contributed by atoms with Gasteiger partial charge in [-0.05, 0) is 36.1 Å². The molecule has 3 aromatic rings. The van der Waals surface area contributed by atoms with Gasteiger partial charge in [0.25, 0.3) is 0 Å². The number of benzene rings is 2. The Morgan fingerprint density at radius 2 is 1.82 bits per heavy atom. The lowest BCUT2D eigenvalue weighted by Crippen LogP contribution is -2.13. The lowest BCUT2D eigenvalue weighted by atomic mass is 10.0. The standard InChI is InChI=1S/C20H22N6O2/c1-12-8-9-15(17(21)27)10-16(12)23-19-24-18(25-20(28)26-19)22-11-13(2)14-6-4-3-5-7-14/h3-10,13H,11H2,1-2H3,(H2,21,27)(H3,22,23,24,25,26,28). The van der Waals surface area contributed by atoms with Crippen LogP contribution in [-0.2, 0) is 0 Å². The molecule has 28 heavy (non-hydrogen) atoms. The molecule has 5 N–H and O–H groups in total. The molecule has 0 bridgehead atoms. The van der Waals surface area contributed by atoms with Gasteiger partial charge in [0.1, 0.15) is 0 Å². The topological polar surface area (TPSA) is 126 Å². The summed E-state index contributed by atoms with van der Waals surface area (Å²) in [5.41, 5.74) is 8.37. The quantitative estimate of drug-likeness (QED) is 0.498. The first-order chi connectivity index (χ1) is 13.4. The summed E-state index contributed by atoms with van der Waals surface area (Å²) in [6.07, 6.45) is 0. The molecule has 1 atom stereocenters. The summed E-state index contributed by atoms with van der Waals surface area (Å²) in [7, 11) is 0. The summed E-state index contributed by atoms with van der Waals surface area (Å²) >= 11 is 0. The van der Waals surface area contributed by atoms with Crippen molar-refractivity contribution >= 4 is 23.5 Å². The van der Waals surface area contributed by atoms with E-state index in [4.69, 9.17) is 5.73 Å². The minimum atomic E-state index is -0.529. The summed E-state index contributed by atoms with van der Waals surface area (Å²) in [4.78, 5) is 23.5. The molecule has 0 aliphatic heterocycles. The van der Waals surface area contributed by atoms with Crippen molar-refractivity contribution in [2.75, 3.05) is 17.2 Å². The van der Waals surface area contributed by atoms with E-state index >= 15 is 0 Å². The van der Waals surface area contributed by atoms with Crippen LogP contribution in [0.5, 0.6) is 6.01 Å². The van der Waals surface area contributed by atoms with Gasteiger partial charge < -0.3 is 21.5 Å². The van der Waals surface area contributed by atoms with Crippen molar-refractivity contribution in [3.05, 3.63) is 65.2 Å². The van der Waals surface area contributed by atoms with Gasteiger partial charge in [0.15, 0.2) is 0 Å². The molecule has 0 saturated carbocycles. The van der Waals surface area contributed by atoms with Gasteiger partial charge in [-0.25, -0.2) is 0 Å². The molecule has 1 unspecified atom stereocenters. The third kappa shape index (κ3) is 4.73. The number of nitrogens with zero attached hydrogens (tertiary/aromatic N) is 3. The minimum Gasteiger partial charge on any atom is -0.479 e. The van der Waals surface area contributed by atoms with E-state index in [2.05, 4.69) is 44.6 Å². The Labute approximate surface area is 162 Å². The number of primary amides is 1. The van der Waals surface area contributed by atoms with Crippen LogP contribution < -0.4 is 16.4 Å². The highest BCUT2D eigenvalue weighted by molar-refractivity contribution is 5.94. The number of carbonyl (C=O) groups excluding carboxylic acids is 1. The number of aromatic hydroxyl groups is 1. The fourth-order valence-electron chi connectivity index (χ4n) is 2.67. The lowest BCUT2D eigenvalue weighted by Gasteiger charge is -2.14. The zero-order chi connectivity index (χ0) is 20.1. The zero-order valence-electron chi connectivity index (χ0n) is 15.7. The molecular formula is C20H22N6O2. The molecule has 1 amide bonds. The van der Waals surface area contributed by atoms with Crippen molar-refractivity contribution in [2.24, 2.45) is 5.73 Å². The van der Waals surface area contributed by atoms with Crippen LogP contribution in [-0.4, -0.2) is 32.5 Å². The maximum Gasteiger partial charge on any atom is 0.320 e.